The molecule has 0 bridgehead atoms. The summed E-state index contributed by atoms with van der Waals surface area (Å²) in [5.74, 6) is -0.303. The fourth-order valence-electron chi connectivity index (χ4n) is 3.02. The van der Waals surface area contributed by atoms with Crippen molar-refractivity contribution >= 4 is 65.9 Å². The molecule has 0 aliphatic heterocycles. The van der Waals surface area contributed by atoms with Gasteiger partial charge in [-0.05, 0) is 44.4 Å². The fourth-order valence-corrected chi connectivity index (χ4v) is 4.77. The van der Waals surface area contributed by atoms with Crippen LogP contribution in [0.25, 0.3) is 21.3 Å². The molecule has 2 aromatic heterocycles. The maximum atomic E-state index is 13.4. The third kappa shape index (κ3) is 5.04. The lowest BCUT2D eigenvalue weighted by molar-refractivity contribution is 0.0980. The van der Waals surface area contributed by atoms with Gasteiger partial charge in [0.2, 0.25) is 0 Å². The van der Waals surface area contributed by atoms with Crippen LogP contribution in [0.4, 0.5) is 5.13 Å². The number of para-hydroxylation sites is 2. The Balaban J connectivity index is 0.00000289. The Labute approximate surface area is 196 Å². The number of likely N-dealkylation sites (N-methyl/N-ethyl adjacent to an activating group) is 1. The molecule has 0 saturated carbocycles. The number of benzene rings is 2. The highest BCUT2D eigenvalue weighted by atomic mass is 35.5. The molecule has 0 fully saturated rings. The lowest BCUT2D eigenvalue weighted by Gasteiger charge is -2.21. The Kier molecular flexibility index (Phi) is 7.09. The van der Waals surface area contributed by atoms with Crippen molar-refractivity contribution in [1.82, 2.24) is 19.9 Å². The van der Waals surface area contributed by atoms with Crippen molar-refractivity contribution < 1.29 is 13.2 Å². The predicted octanol–water partition coefficient (Wildman–Crippen LogP) is 3.27. The minimum absolute atomic E-state index is 0. The van der Waals surface area contributed by atoms with Gasteiger partial charge >= 0.3 is 0 Å². The van der Waals surface area contributed by atoms with Gasteiger partial charge < -0.3 is 4.90 Å². The van der Waals surface area contributed by atoms with Gasteiger partial charge in [0.15, 0.2) is 15.0 Å². The number of anilines is 1. The number of carbonyl (C=O) groups excluding carboxylic acids is 1. The molecule has 0 aliphatic rings. The van der Waals surface area contributed by atoms with E-state index in [1.54, 1.807) is 17.0 Å². The molecule has 2 heterocycles. The predicted molar refractivity (Wildman–Crippen MR) is 130 cm³/mol. The molecular formula is C21H22ClN5O3S2. The van der Waals surface area contributed by atoms with Crippen molar-refractivity contribution in [1.29, 1.82) is 0 Å². The van der Waals surface area contributed by atoms with Gasteiger partial charge in [0.25, 0.3) is 5.91 Å². The molecule has 11 heteroatoms. The summed E-state index contributed by atoms with van der Waals surface area (Å²) in [6.45, 7) is 1.02. The number of amides is 1. The number of aromatic nitrogens is 3. The van der Waals surface area contributed by atoms with Gasteiger partial charge in [0, 0.05) is 19.3 Å². The Hall–Kier alpha value is -2.66. The van der Waals surface area contributed by atoms with E-state index in [2.05, 4.69) is 15.0 Å². The van der Waals surface area contributed by atoms with Crippen LogP contribution in [-0.2, 0) is 9.84 Å². The molecule has 0 N–H and O–H groups in total. The number of sulfone groups is 1. The highest BCUT2D eigenvalue weighted by Crippen LogP contribution is 2.31. The minimum Gasteiger partial charge on any atom is -0.308 e. The third-order valence-electron chi connectivity index (χ3n) is 4.69. The topological polar surface area (TPSA) is 96.4 Å². The third-order valence-corrected chi connectivity index (χ3v) is 6.84. The molecule has 1 amide bonds. The lowest BCUT2D eigenvalue weighted by Crippen LogP contribution is -2.37. The summed E-state index contributed by atoms with van der Waals surface area (Å²) in [6.07, 6.45) is 2.64. The van der Waals surface area contributed by atoms with Gasteiger partial charge in [0.05, 0.1) is 32.3 Å². The van der Waals surface area contributed by atoms with Crippen LogP contribution in [-0.4, -0.2) is 67.6 Å². The SMILES string of the molecule is CN(C)CCN(C(=O)c1cnc2ccccc2n1)c1nc2ccc(S(C)(=O)=O)cc2s1.Cl. The zero-order chi connectivity index (χ0) is 22.2. The van der Waals surface area contributed by atoms with E-state index in [4.69, 9.17) is 0 Å². The number of rotatable bonds is 6. The van der Waals surface area contributed by atoms with Crippen molar-refractivity contribution in [2.45, 2.75) is 4.90 Å². The van der Waals surface area contributed by atoms with Crippen LogP contribution in [0.5, 0.6) is 0 Å². The Morgan fingerprint density at radius 3 is 2.41 bits per heavy atom. The van der Waals surface area contributed by atoms with E-state index in [1.807, 2.05) is 43.3 Å². The van der Waals surface area contributed by atoms with E-state index in [1.165, 1.54) is 29.9 Å². The Bertz CT molecular complexity index is 1390. The van der Waals surface area contributed by atoms with Gasteiger partial charge in [0.1, 0.15) is 5.69 Å². The first kappa shape index (κ1) is 24.0. The summed E-state index contributed by atoms with van der Waals surface area (Å²) in [7, 11) is 0.518. The van der Waals surface area contributed by atoms with E-state index in [9.17, 15) is 13.2 Å². The number of halogens is 1. The van der Waals surface area contributed by atoms with Crippen LogP contribution in [0.3, 0.4) is 0 Å². The van der Waals surface area contributed by atoms with E-state index in [0.717, 1.165) is 0 Å². The Morgan fingerprint density at radius 1 is 1.00 bits per heavy atom. The molecule has 0 saturated heterocycles. The summed E-state index contributed by atoms with van der Waals surface area (Å²) in [5, 5.41) is 0.488. The maximum Gasteiger partial charge on any atom is 0.280 e. The molecule has 0 atom stereocenters. The van der Waals surface area contributed by atoms with E-state index in [0.29, 0.717) is 39.5 Å². The molecule has 0 spiro atoms. The van der Waals surface area contributed by atoms with Crippen LogP contribution < -0.4 is 4.90 Å². The number of fused-ring (bicyclic) bond motifs is 2. The minimum atomic E-state index is -3.33. The highest BCUT2D eigenvalue weighted by molar-refractivity contribution is 7.90. The van der Waals surface area contributed by atoms with Crippen molar-refractivity contribution in [3.05, 3.63) is 54.4 Å². The average molecular weight is 492 g/mol. The molecule has 0 aliphatic carbocycles. The van der Waals surface area contributed by atoms with Crippen molar-refractivity contribution in [3.63, 3.8) is 0 Å². The lowest BCUT2D eigenvalue weighted by atomic mass is 10.3. The first-order chi connectivity index (χ1) is 14.7. The van der Waals surface area contributed by atoms with Crippen molar-refractivity contribution in [2.24, 2.45) is 0 Å². The molecule has 2 aromatic carbocycles. The summed E-state index contributed by atoms with van der Waals surface area (Å²) < 4.78 is 24.5. The second kappa shape index (κ2) is 9.45. The van der Waals surface area contributed by atoms with E-state index >= 15 is 0 Å². The number of thiazole rings is 1. The van der Waals surface area contributed by atoms with E-state index in [-0.39, 0.29) is 28.9 Å². The van der Waals surface area contributed by atoms with Crippen molar-refractivity contribution in [3.8, 4) is 0 Å². The monoisotopic (exact) mass is 491 g/mol. The second-order valence-corrected chi connectivity index (χ2v) is 10.4. The van der Waals surface area contributed by atoms with Gasteiger partial charge in [-0.25, -0.2) is 18.4 Å². The number of hydrogen-bond acceptors (Lipinski definition) is 8. The quantitative estimate of drug-likeness (QED) is 0.408. The molecule has 168 valence electrons. The smallest absolute Gasteiger partial charge is 0.280 e. The number of carbonyl (C=O) groups is 1. The zero-order valence-electron chi connectivity index (χ0n) is 17.7. The van der Waals surface area contributed by atoms with Crippen LogP contribution >= 0.6 is 23.7 Å². The normalized spacial score (nSPS) is 11.6. The number of nitrogens with zero attached hydrogens (tertiary/aromatic N) is 5. The number of hydrogen-bond donors (Lipinski definition) is 0. The van der Waals surface area contributed by atoms with Crippen LogP contribution in [0.2, 0.25) is 0 Å². The van der Waals surface area contributed by atoms with Crippen molar-refractivity contribution in [2.75, 3.05) is 38.3 Å². The highest BCUT2D eigenvalue weighted by Gasteiger charge is 2.23. The van der Waals surface area contributed by atoms with Crippen LogP contribution in [0.1, 0.15) is 10.5 Å². The molecule has 32 heavy (non-hydrogen) atoms. The van der Waals surface area contributed by atoms with Crippen LogP contribution in [0, 0.1) is 0 Å². The molecule has 0 radical (unpaired) electrons. The molecule has 4 rings (SSSR count). The zero-order valence-corrected chi connectivity index (χ0v) is 20.2. The van der Waals surface area contributed by atoms with Crippen LogP contribution in [0.15, 0.2) is 53.6 Å². The maximum absolute atomic E-state index is 13.4. The second-order valence-electron chi connectivity index (χ2n) is 7.40. The van der Waals surface area contributed by atoms with Gasteiger partial charge in [-0.1, -0.05) is 23.5 Å². The van der Waals surface area contributed by atoms with Gasteiger partial charge in [-0.15, -0.1) is 12.4 Å². The fraction of sp³-hybridized carbons (Fsp3) is 0.238. The molecule has 4 aromatic rings. The first-order valence-corrected chi connectivity index (χ1v) is 12.2. The average Bonchev–Trinajstić information content (AvgIpc) is 3.15. The summed E-state index contributed by atoms with van der Waals surface area (Å²) in [6, 6.07) is 12.2. The summed E-state index contributed by atoms with van der Waals surface area (Å²) in [5.41, 5.74) is 2.23. The molecule has 0 unspecified atom stereocenters. The standard InChI is InChI=1S/C21H21N5O3S2.ClH/c1-25(2)10-11-26(20(27)18-13-22-15-6-4-5-7-16(15)23-18)21-24-17-9-8-14(31(3,28)29)12-19(17)30-21;/h4-9,12-13H,10-11H2,1-3H3;1H. The summed E-state index contributed by atoms with van der Waals surface area (Å²) in [4.78, 5) is 30.6. The van der Waals surface area contributed by atoms with Gasteiger partial charge in [-0.2, -0.15) is 0 Å². The summed E-state index contributed by atoms with van der Waals surface area (Å²) >= 11 is 1.28. The van der Waals surface area contributed by atoms with Gasteiger partial charge in [-0.3, -0.25) is 14.7 Å². The molecular weight excluding hydrogens is 470 g/mol. The first-order valence-electron chi connectivity index (χ1n) is 9.51. The van der Waals surface area contributed by atoms with E-state index < -0.39 is 9.84 Å². The largest absolute Gasteiger partial charge is 0.308 e. The molecule has 8 nitrogen and oxygen atoms in total. The Morgan fingerprint density at radius 2 is 1.72 bits per heavy atom.